The molecule has 0 spiro atoms. The number of hydrogen-bond acceptors (Lipinski definition) is 5. The highest BCUT2D eigenvalue weighted by atomic mass is 16.5. The van der Waals surface area contributed by atoms with Crippen molar-refractivity contribution in [2.45, 2.75) is 6.92 Å². The van der Waals surface area contributed by atoms with E-state index in [0.29, 0.717) is 0 Å². The van der Waals surface area contributed by atoms with Crippen molar-refractivity contribution in [3.8, 4) is 6.07 Å². The SMILES string of the molecule is CCOC(=O)C(C#N)=C(N=[N+]=[N-])N=[N+]=[N-]. The van der Waals surface area contributed by atoms with Gasteiger partial charge in [-0.25, -0.2) is 4.79 Å². The van der Waals surface area contributed by atoms with Crippen LogP contribution in [0.3, 0.4) is 0 Å². The van der Waals surface area contributed by atoms with Gasteiger partial charge in [0.15, 0.2) is 0 Å². The summed E-state index contributed by atoms with van der Waals surface area (Å²) in [6.45, 7) is 1.58. The molecule has 76 valence electrons. The lowest BCUT2D eigenvalue weighted by Gasteiger charge is -1.99. The van der Waals surface area contributed by atoms with E-state index in [1.54, 1.807) is 0 Å². The minimum atomic E-state index is -1.00. The number of azide groups is 1. The van der Waals surface area contributed by atoms with Gasteiger partial charge < -0.3 is 4.74 Å². The van der Waals surface area contributed by atoms with Crippen LogP contribution in [0, 0.1) is 11.3 Å². The van der Waals surface area contributed by atoms with Crippen molar-refractivity contribution in [2.24, 2.45) is 10.2 Å². The summed E-state index contributed by atoms with van der Waals surface area (Å²) in [5, 5.41) is 14.4. The lowest BCUT2D eigenvalue weighted by atomic mass is 10.3. The van der Waals surface area contributed by atoms with Gasteiger partial charge in [-0.1, -0.05) is 10.2 Å². The van der Waals surface area contributed by atoms with E-state index in [-0.39, 0.29) is 6.61 Å². The van der Waals surface area contributed by atoms with Crippen LogP contribution < -0.4 is 0 Å². The van der Waals surface area contributed by atoms with E-state index in [2.05, 4.69) is 24.8 Å². The van der Waals surface area contributed by atoms with Crippen LogP contribution in [0.1, 0.15) is 6.92 Å². The Hall–Kier alpha value is -2.68. The summed E-state index contributed by atoms with van der Waals surface area (Å²) < 4.78 is 4.48. The van der Waals surface area contributed by atoms with Crippen molar-refractivity contribution in [3.05, 3.63) is 32.3 Å². The first-order valence-electron chi connectivity index (χ1n) is 3.62. The van der Waals surface area contributed by atoms with Crippen LogP contribution in [0.5, 0.6) is 0 Å². The van der Waals surface area contributed by atoms with Crippen molar-refractivity contribution in [2.75, 3.05) is 6.61 Å². The first-order valence-corrected chi connectivity index (χ1v) is 3.62. The third kappa shape index (κ3) is 3.69. The molecule has 0 rings (SSSR count). The molecule has 0 aromatic carbocycles. The van der Waals surface area contributed by atoms with Crippen molar-refractivity contribution in [1.29, 1.82) is 5.26 Å². The summed E-state index contributed by atoms with van der Waals surface area (Å²) in [5.41, 5.74) is 15.6. The molecular formula is C6H5N7O2. The zero-order valence-corrected chi connectivity index (χ0v) is 7.65. The maximum absolute atomic E-state index is 11.1. The molecule has 0 aromatic rings. The predicted molar refractivity (Wildman–Crippen MR) is 47.6 cm³/mol. The van der Waals surface area contributed by atoms with Crippen LogP contribution in [-0.4, -0.2) is 12.6 Å². The number of nitrogens with zero attached hydrogens (tertiary/aromatic N) is 7. The molecule has 0 bridgehead atoms. The number of carbonyl (C=O) groups is 1. The third-order valence-electron chi connectivity index (χ3n) is 1.09. The fraction of sp³-hybridized carbons (Fsp3) is 0.333. The quantitative estimate of drug-likeness (QED) is 0.173. The maximum Gasteiger partial charge on any atom is 0.349 e. The zero-order chi connectivity index (χ0) is 11.7. The van der Waals surface area contributed by atoms with Crippen LogP contribution in [0.15, 0.2) is 21.6 Å². The van der Waals surface area contributed by atoms with Crippen molar-refractivity contribution in [1.82, 2.24) is 0 Å². The number of carbonyl (C=O) groups excluding carboxylic acids is 1. The molecule has 0 aromatic heterocycles. The maximum atomic E-state index is 11.1. The third-order valence-corrected chi connectivity index (χ3v) is 1.09. The van der Waals surface area contributed by atoms with Crippen molar-refractivity contribution >= 4 is 5.97 Å². The summed E-state index contributed by atoms with van der Waals surface area (Å²) in [6, 6.07) is 1.43. The van der Waals surface area contributed by atoms with Crippen LogP contribution in [-0.2, 0) is 9.53 Å². The van der Waals surface area contributed by atoms with Gasteiger partial charge >= 0.3 is 5.97 Å². The number of esters is 1. The summed E-state index contributed by atoms with van der Waals surface area (Å²) in [7, 11) is 0. The fourth-order valence-electron chi connectivity index (χ4n) is 0.595. The molecule has 0 saturated heterocycles. The summed E-state index contributed by atoms with van der Waals surface area (Å²) in [5.74, 6) is -1.66. The molecule has 0 atom stereocenters. The fourth-order valence-corrected chi connectivity index (χ4v) is 0.595. The molecule has 15 heavy (non-hydrogen) atoms. The molecule has 0 heterocycles. The Kier molecular flexibility index (Phi) is 5.58. The van der Waals surface area contributed by atoms with Crippen LogP contribution >= 0.6 is 0 Å². The van der Waals surface area contributed by atoms with Crippen molar-refractivity contribution < 1.29 is 9.53 Å². The van der Waals surface area contributed by atoms with E-state index in [0.717, 1.165) is 0 Å². The Balaban J connectivity index is 5.43. The highest BCUT2D eigenvalue weighted by Crippen LogP contribution is 2.09. The van der Waals surface area contributed by atoms with Crippen LogP contribution in [0.4, 0.5) is 0 Å². The van der Waals surface area contributed by atoms with E-state index in [1.807, 2.05) is 0 Å². The summed E-state index contributed by atoms with van der Waals surface area (Å²) >= 11 is 0. The highest BCUT2D eigenvalue weighted by Gasteiger charge is 2.14. The molecule has 0 aliphatic carbocycles. The standard InChI is InChI=1S/C6H5N7O2/c1-2-15-6(14)4(3-7)5(10-12-8)11-13-9/h2H2,1H3. The molecule has 0 fully saturated rings. The minimum absolute atomic E-state index is 0.0455. The Morgan fingerprint density at radius 3 is 2.33 bits per heavy atom. The van der Waals surface area contributed by atoms with Gasteiger partial charge in [-0.05, 0) is 18.0 Å². The first-order chi connectivity index (χ1) is 7.21. The predicted octanol–water partition coefficient (Wildman–Crippen LogP) is 1.91. The van der Waals surface area contributed by atoms with Gasteiger partial charge in [0.05, 0.1) is 6.61 Å². The van der Waals surface area contributed by atoms with Crippen molar-refractivity contribution in [3.63, 3.8) is 0 Å². The molecule has 0 radical (unpaired) electrons. The lowest BCUT2D eigenvalue weighted by molar-refractivity contribution is -0.138. The molecule has 0 N–H and O–H groups in total. The van der Waals surface area contributed by atoms with Gasteiger partial charge in [0, 0.05) is 9.82 Å². The number of nitriles is 1. The average molecular weight is 207 g/mol. The van der Waals surface area contributed by atoms with E-state index in [1.165, 1.54) is 13.0 Å². The van der Waals surface area contributed by atoms with Gasteiger partial charge in [-0.2, -0.15) is 5.26 Å². The van der Waals surface area contributed by atoms with Gasteiger partial charge in [0.1, 0.15) is 17.5 Å². The molecule has 0 unspecified atom stereocenters. The molecule has 9 nitrogen and oxygen atoms in total. The van der Waals surface area contributed by atoms with Crippen LogP contribution in [0.25, 0.3) is 20.9 Å². The molecule has 0 aliphatic rings. The lowest BCUT2D eigenvalue weighted by Crippen LogP contribution is -2.07. The number of ether oxygens (including phenoxy) is 1. The van der Waals surface area contributed by atoms with Gasteiger partial charge in [0.25, 0.3) is 0 Å². The second kappa shape index (κ2) is 6.80. The summed E-state index contributed by atoms with van der Waals surface area (Å²) in [4.78, 5) is 15.7. The van der Waals surface area contributed by atoms with Gasteiger partial charge in [-0.3, -0.25) is 0 Å². The Morgan fingerprint density at radius 1 is 1.47 bits per heavy atom. The van der Waals surface area contributed by atoms with Gasteiger partial charge in [0.2, 0.25) is 0 Å². The van der Waals surface area contributed by atoms with E-state index in [4.69, 9.17) is 16.3 Å². The normalized spacial score (nSPS) is 7.47. The molecular weight excluding hydrogens is 202 g/mol. The van der Waals surface area contributed by atoms with E-state index < -0.39 is 17.4 Å². The minimum Gasteiger partial charge on any atom is -0.462 e. The van der Waals surface area contributed by atoms with Gasteiger partial charge in [-0.15, -0.1) is 0 Å². The number of hydrogen-bond donors (Lipinski definition) is 0. The first kappa shape index (κ1) is 12.3. The zero-order valence-electron chi connectivity index (χ0n) is 7.65. The van der Waals surface area contributed by atoms with E-state index >= 15 is 0 Å². The molecule has 0 aliphatic heterocycles. The Labute approximate surface area is 83.8 Å². The Bertz CT molecular complexity index is 399. The van der Waals surface area contributed by atoms with Crippen LogP contribution in [0.2, 0.25) is 0 Å². The molecule has 0 amide bonds. The number of rotatable bonds is 4. The summed E-state index contributed by atoms with van der Waals surface area (Å²) in [6.07, 6.45) is 0. The second-order valence-corrected chi connectivity index (χ2v) is 1.91. The smallest absolute Gasteiger partial charge is 0.349 e. The second-order valence-electron chi connectivity index (χ2n) is 1.91. The average Bonchev–Trinajstić information content (AvgIpc) is 2.20. The monoisotopic (exact) mass is 207 g/mol. The molecule has 9 heteroatoms. The Morgan fingerprint density at radius 2 is 2.00 bits per heavy atom. The van der Waals surface area contributed by atoms with E-state index in [9.17, 15) is 4.79 Å². The largest absolute Gasteiger partial charge is 0.462 e. The molecule has 0 saturated carbocycles. The topological polar surface area (TPSA) is 148 Å². The highest BCUT2D eigenvalue weighted by molar-refractivity contribution is 5.93.